The zero-order valence-electron chi connectivity index (χ0n) is 9.88. The van der Waals surface area contributed by atoms with E-state index < -0.39 is 0 Å². The maximum atomic E-state index is 12.9. The summed E-state index contributed by atoms with van der Waals surface area (Å²) in [5, 5.41) is 3.27. The fraction of sp³-hybridized carbons (Fsp3) is 0.571. The van der Waals surface area contributed by atoms with Crippen LogP contribution >= 0.6 is 0 Å². The molecule has 0 aromatic heterocycles. The molecule has 2 heteroatoms. The van der Waals surface area contributed by atoms with Crippen LogP contribution in [0.25, 0.3) is 0 Å². The normalized spacial score (nSPS) is 25.6. The Kier molecular flexibility index (Phi) is 3.94. The second kappa shape index (κ2) is 5.44. The molecule has 0 amide bonds. The minimum Gasteiger partial charge on any atom is -0.319 e. The van der Waals surface area contributed by atoms with Gasteiger partial charge < -0.3 is 5.32 Å². The molecule has 1 aliphatic rings. The van der Waals surface area contributed by atoms with Crippen LogP contribution in [-0.2, 0) is 0 Å². The lowest BCUT2D eigenvalue weighted by Crippen LogP contribution is -2.27. The third-order valence-corrected chi connectivity index (χ3v) is 3.67. The summed E-state index contributed by atoms with van der Waals surface area (Å²) >= 11 is 0. The number of rotatable bonds is 3. The first-order valence-corrected chi connectivity index (χ1v) is 6.21. The molecule has 1 aliphatic carbocycles. The Morgan fingerprint density at radius 3 is 2.56 bits per heavy atom. The van der Waals surface area contributed by atoms with Crippen molar-refractivity contribution in [2.45, 2.75) is 31.6 Å². The molecular formula is C14H20FN. The number of hydrogen-bond acceptors (Lipinski definition) is 1. The molecule has 0 aliphatic heterocycles. The van der Waals surface area contributed by atoms with Crippen molar-refractivity contribution in [2.24, 2.45) is 5.92 Å². The Balaban J connectivity index is 2.13. The van der Waals surface area contributed by atoms with Gasteiger partial charge in [-0.05, 0) is 56.0 Å². The predicted octanol–water partition coefficient (Wildman–Crippen LogP) is 3.32. The third kappa shape index (κ3) is 2.62. The standard InChI is InChI=1S/C14H20FN/c1-16-10-12-4-2-3-5-14(12)11-6-8-13(15)9-7-11/h6-9,12,14,16H,2-5,10H2,1H3. The van der Waals surface area contributed by atoms with E-state index >= 15 is 0 Å². The molecule has 1 fully saturated rings. The molecule has 1 aromatic rings. The van der Waals surface area contributed by atoms with Crippen molar-refractivity contribution in [1.82, 2.24) is 5.32 Å². The number of halogens is 1. The van der Waals surface area contributed by atoms with Gasteiger partial charge >= 0.3 is 0 Å². The van der Waals surface area contributed by atoms with Crippen molar-refractivity contribution in [3.05, 3.63) is 35.6 Å². The van der Waals surface area contributed by atoms with E-state index in [0.717, 1.165) is 6.54 Å². The smallest absolute Gasteiger partial charge is 0.123 e. The maximum absolute atomic E-state index is 12.9. The Morgan fingerprint density at radius 1 is 1.19 bits per heavy atom. The lowest BCUT2D eigenvalue weighted by Gasteiger charge is -2.31. The van der Waals surface area contributed by atoms with Crippen LogP contribution in [0.5, 0.6) is 0 Å². The quantitative estimate of drug-likeness (QED) is 0.825. The summed E-state index contributed by atoms with van der Waals surface area (Å²) in [5.41, 5.74) is 1.31. The van der Waals surface area contributed by atoms with E-state index in [9.17, 15) is 4.39 Å². The van der Waals surface area contributed by atoms with Gasteiger partial charge in [0.05, 0.1) is 0 Å². The summed E-state index contributed by atoms with van der Waals surface area (Å²) < 4.78 is 12.9. The van der Waals surface area contributed by atoms with Crippen LogP contribution < -0.4 is 5.32 Å². The molecule has 0 radical (unpaired) electrons. The van der Waals surface area contributed by atoms with E-state index in [1.807, 2.05) is 19.2 Å². The van der Waals surface area contributed by atoms with E-state index in [1.54, 1.807) is 12.1 Å². The van der Waals surface area contributed by atoms with Gasteiger partial charge in [-0.25, -0.2) is 4.39 Å². The zero-order valence-corrected chi connectivity index (χ0v) is 9.88. The molecule has 0 bridgehead atoms. The van der Waals surface area contributed by atoms with Gasteiger partial charge in [0, 0.05) is 0 Å². The highest BCUT2D eigenvalue weighted by atomic mass is 19.1. The highest BCUT2D eigenvalue weighted by Gasteiger charge is 2.25. The minimum absolute atomic E-state index is 0.135. The maximum Gasteiger partial charge on any atom is 0.123 e. The Bertz CT molecular complexity index is 318. The topological polar surface area (TPSA) is 12.0 Å². The minimum atomic E-state index is -0.135. The molecule has 2 atom stereocenters. The van der Waals surface area contributed by atoms with Crippen LogP contribution in [0.1, 0.15) is 37.2 Å². The van der Waals surface area contributed by atoms with E-state index in [4.69, 9.17) is 0 Å². The predicted molar refractivity (Wildman–Crippen MR) is 65.0 cm³/mol. The monoisotopic (exact) mass is 221 g/mol. The Labute approximate surface area is 97.1 Å². The van der Waals surface area contributed by atoms with Crippen molar-refractivity contribution < 1.29 is 4.39 Å². The molecule has 2 rings (SSSR count). The average Bonchev–Trinajstić information content (AvgIpc) is 2.32. The fourth-order valence-electron chi connectivity index (χ4n) is 2.86. The molecule has 0 heterocycles. The zero-order chi connectivity index (χ0) is 11.4. The molecule has 1 saturated carbocycles. The number of hydrogen-bond donors (Lipinski definition) is 1. The lowest BCUT2D eigenvalue weighted by atomic mass is 9.75. The Morgan fingerprint density at radius 2 is 1.88 bits per heavy atom. The molecule has 2 unspecified atom stereocenters. The molecule has 1 nitrogen and oxygen atoms in total. The molecular weight excluding hydrogens is 201 g/mol. The summed E-state index contributed by atoms with van der Waals surface area (Å²) in [4.78, 5) is 0. The summed E-state index contributed by atoms with van der Waals surface area (Å²) in [6.07, 6.45) is 5.19. The lowest BCUT2D eigenvalue weighted by molar-refractivity contribution is 0.301. The molecule has 1 N–H and O–H groups in total. The van der Waals surface area contributed by atoms with Crippen LogP contribution in [-0.4, -0.2) is 13.6 Å². The molecule has 0 spiro atoms. The molecule has 16 heavy (non-hydrogen) atoms. The second-order valence-electron chi connectivity index (χ2n) is 4.76. The van der Waals surface area contributed by atoms with Gasteiger partial charge in [0.15, 0.2) is 0 Å². The van der Waals surface area contributed by atoms with E-state index in [-0.39, 0.29) is 5.82 Å². The van der Waals surface area contributed by atoms with Crippen molar-refractivity contribution in [3.8, 4) is 0 Å². The van der Waals surface area contributed by atoms with Gasteiger partial charge in [0.1, 0.15) is 5.82 Å². The van der Waals surface area contributed by atoms with Gasteiger partial charge in [0.2, 0.25) is 0 Å². The van der Waals surface area contributed by atoms with E-state index in [2.05, 4.69) is 5.32 Å². The first-order valence-electron chi connectivity index (χ1n) is 6.21. The van der Waals surface area contributed by atoms with Crippen molar-refractivity contribution in [2.75, 3.05) is 13.6 Å². The van der Waals surface area contributed by atoms with Crippen LogP contribution in [0.2, 0.25) is 0 Å². The van der Waals surface area contributed by atoms with Gasteiger partial charge in [-0.15, -0.1) is 0 Å². The summed E-state index contributed by atoms with van der Waals surface area (Å²) in [6.45, 7) is 1.07. The van der Waals surface area contributed by atoms with Crippen molar-refractivity contribution >= 4 is 0 Å². The largest absolute Gasteiger partial charge is 0.319 e. The van der Waals surface area contributed by atoms with Crippen LogP contribution in [0.3, 0.4) is 0 Å². The highest BCUT2D eigenvalue weighted by molar-refractivity contribution is 5.21. The average molecular weight is 221 g/mol. The van der Waals surface area contributed by atoms with Gasteiger partial charge in [-0.1, -0.05) is 25.0 Å². The second-order valence-corrected chi connectivity index (χ2v) is 4.76. The summed E-state index contributed by atoms with van der Waals surface area (Å²) in [7, 11) is 2.01. The van der Waals surface area contributed by atoms with Gasteiger partial charge in [-0.2, -0.15) is 0 Å². The first-order chi connectivity index (χ1) is 7.81. The van der Waals surface area contributed by atoms with Crippen LogP contribution in [0, 0.1) is 11.7 Å². The number of nitrogens with one attached hydrogen (secondary N) is 1. The summed E-state index contributed by atoms with van der Waals surface area (Å²) in [5.74, 6) is 1.19. The molecule has 88 valence electrons. The Hall–Kier alpha value is -0.890. The fourth-order valence-corrected chi connectivity index (χ4v) is 2.86. The van der Waals surface area contributed by atoms with E-state index in [0.29, 0.717) is 11.8 Å². The molecule has 0 saturated heterocycles. The number of benzene rings is 1. The van der Waals surface area contributed by atoms with E-state index in [1.165, 1.54) is 31.2 Å². The van der Waals surface area contributed by atoms with Crippen LogP contribution in [0.15, 0.2) is 24.3 Å². The molecule has 1 aromatic carbocycles. The highest BCUT2D eigenvalue weighted by Crippen LogP contribution is 2.37. The van der Waals surface area contributed by atoms with Crippen molar-refractivity contribution in [1.29, 1.82) is 0 Å². The first kappa shape index (κ1) is 11.6. The van der Waals surface area contributed by atoms with Crippen molar-refractivity contribution in [3.63, 3.8) is 0 Å². The van der Waals surface area contributed by atoms with Gasteiger partial charge in [0.25, 0.3) is 0 Å². The summed E-state index contributed by atoms with van der Waals surface area (Å²) in [6, 6.07) is 7.07. The van der Waals surface area contributed by atoms with Crippen LogP contribution in [0.4, 0.5) is 4.39 Å². The van der Waals surface area contributed by atoms with Gasteiger partial charge in [-0.3, -0.25) is 0 Å². The SMILES string of the molecule is CNCC1CCCCC1c1ccc(F)cc1. The third-order valence-electron chi connectivity index (χ3n) is 3.67.